The lowest BCUT2D eigenvalue weighted by Gasteiger charge is -2.21. The quantitative estimate of drug-likeness (QED) is 0.534. The first-order valence-electron chi connectivity index (χ1n) is 4.53. The van der Waals surface area contributed by atoms with E-state index in [1.54, 1.807) is 11.1 Å². The first-order valence-corrected chi connectivity index (χ1v) is 4.53. The Bertz CT molecular complexity index is 206. The van der Waals surface area contributed by atoms with Crippen LogP contribution in [0.4, 0.5) is 0 Å². The fourth-order valence-corrected chi connectivity index (χ4v) is 1.68. The molecule has 0 saturated carbocycles. The van der Waals surface area contributed by atoms with Crippen LogP contribution in [0.5, 0.6) is 0 Å². The molecule has 0 aromatic carbocycles. The Labute approximate surface area is 70.0 Å². The van der Waals surface area contributed by atoms with Crippen LogP contribution in [0.3, 0.4) is 0 Å². The molecule has 0 N–H and O–H groups in total. The van der Waals surface area contributed by atoms with Crippen LogP contribution in [0.25, 0.3) is 0 Å². The number of rotatable bonds is 1. The SMILES string of the molecule is CCC1=CCC(C)C(C)=C1C. The van der Waals surface area contributed by atoms with Crippen molar-refractivity contribution in [3.05, 3.63) is 22.8 Å². The highest BCUT2D eigenvalue weighted by molar-refractivity contribution is 5.36. The van der Waals surface area contributed by atoms with E-state index in [2.05, 4.69) is 33.8 Å². The smallest absolute Gasteiger partial charge is 0.0194 e. The van der Waals surface area contributed by atoms with E-state index in [4.69, 9.17) is 0 Å². The predicted octanol–water partition coefficient (Wildman–Crippen LogP) is 3.70. The van der Waals surface area contributed by atoms with Gasteiger partial charge in [0.15, 0.2) is 0 Å². The highest BCUT2D eigenvalue weighted by Crippen LogP contribution is 2.30. The van der Waals surface area contributed by atoms with Gasteiger partial charge in [0.1, 0.15) is 0 Å². The topological polar surface area (TPSA) is 0 Å². The van der Waals surface area contributed by atoms with Crippen LogP contribution < -0.4 is 0 Å². The number of hydrogen-bond donors (Lipinski definition) is 0. The fraction of sp³-hybridized carbons (Fsp3) is 0.636. The van der Waals surface area contributed by atoms with Gasteiger partial charge < -0.3 is 0 Å². The van der Waals surface area contributed by atoms with Crippen molar-refractivity contribution in [1.82, 2.24) is 0 Å². The Morgan fingerprint density at radius 2 is 2.09 bits per heavy atom. The van der Waals surface area contributed by atoms with Gasteiger partial charge in [-0.2, -0.15) is 0 Å². The van der Waals surface area contributed by atoms with Crippen molar-refractivity contribution in [1.29, 1.82) is 0 Å². The molecule has 1 unspecified atom stereocenters. The molecule has 1 aliphatic carbocycles. The summed E-state index contributed by atoms with van der Waals surface area (Å²) in [6.45, 7) is 9.06. The summed E-state index contributed by atoms with van der Waals surface area (Å²) in [5.41, 5.74) is 4.68. The van der Waals surface area contributed by atoms with Gasteiger partial charge in [0.2, 0.25) is 0 Å². The van der Waals surface area contributed by atoms with Crippen molar-refractivity contribution in [2.75, 3.05) is 0 Å². The highest BCUT2D eigenvalue weighted by Gasteiger charge is 2.13. The summed E-state index contributed by atoms with van der Waals surface area (Å²) in [6, 6.07) is 0. The van der Waals surface area contributed by atoms with Crippen molar-refractivity contribution in [3.63, 3.8) is 0 Å². The molecule has 0 nitrogen and oxygen atoms in total. The summed E-state index contributed by atoms with van der Waals surface area (Å²) >= 11 is 0. The Balaban J connectivity index is 2.90. The average molecular weight is 150 g/mol. The molecule has 0 aromatic rings. The second kappa shape index (κ2) is 3.25. The maximum absolute atomic E-state index is 2.40. The van der Waals surface area contributed by atoms with Gasteiger partial charge in [-0.15, -0.1) is 0 Å². The second-order valence-corrected chi connectivity index (χ2v) is 3.53. The molecule has 1 atom stereocenters. The van der Waals surface area contributed by atoms with E-state index >= 15 is 0 Å². The van der Waals surface area contributed by atoms with Crippen LogP contribution >= 0.6 is 0 Å². The summed E-state index contributed by atoms with van der Waals surface area (Å²) in [6.07, 6.45) is 4.83. The molecule has 62 valence electrons. The molecular formula is C11H18. The van der Waals surface area contributed by atoms with Crippen LogP contribution in [-0.2, 0) is 0 Å². The van der Waals surface area contributed by atoms with Gasteiger partial charge in [-0.1, -0.05) is 25.5 Å². The van der Waals surface area contributed by atoms with Gasteiger partial charge in [0.05, 0.1) is 0 Å². The molecule has 0 bridgehead atoms. The normalized spacial score (nSPS) is 25.5. The third kappa shape index (κ3) is 1.55. The van der Waals surface area contributed by atoms with Crippen molar-refractivity contribution in [2.24, 2.45) is 5.92 Å². The fourth-order valence-electron chi connectivity index (χ4n) is 1.68. The lowest BCUT2D eigenvalue weighted by atomic mass is 9.85. The molecule has 0 radical (unpaired) electrons. The van der Waals surface area contributed by atoms with Gasteiger partial charge >= 0.3 is 0 Å². The molecule has 0 fully saturated rings. The second-order valence-electron chi connectivity index (χ2n) is 3.53. The van der Waals surface area contributed by atoms with E-state index in [0.717, 1.165) is 5.92 Å². The summed E-state index contributed by atoms with van der Waals surface area (Å²) < 4.78 is 0. The summed E-state index contributed by atoms with van der Waals surface area (Å²) in [5.74, 6) is 0.769. The first kappa shape index (κ1) is 8.58. The third-order valence-electron chi connectivity index (χ3n) is 2.91. The maximum Gasteiger partial charge on any atom is -0.0194 e. The third-order valence-corrected chi connectivity index (χ3v) is 2.91. The van der Waals surface area contributed by atoms with E-state index < -0.39 is 0 Å². The van der Waals surface area contributed by atoms with E-state index in [1.807, 2.05) is 0 Å². The van der Waals surface area contributed by atoms with Crippen LogP contribution in [0.15, 0.2) is 22.8 Å². The molecule has 11 heavy (non-hydrogen) atoms. The molecule has 0 aliphatic heterocycles. The van der Waals surface area contributed by atoms with Crippen molar-refractivity contribution in [2.45, 2.75) is 40.5 Å². The van der Waals surface area contributed by atoms with Gasteiger partial charge in [0, 0.05) is 0 Å². The Morgan fingerprint density at radius 1 is 1.45 bits per heavy atom. The molecule has 0 heteroatoms. The highest BCUT2D eigenvalue weighted by atomic mass is 14.2. The standard InChI is InChI=1S/C11H18/c1-5-11-7-6-8(2)9(3)10(11)4/h7-8H,5-6H2,1-4H3. The zero-order valence-corrected chi connectivity index (χ0v) is 8.07. The van der Waals surface area contributed by atoms with E-state index in [-0.39, 0.29) is 0 Å². The maximum atomic E-state index is 2.40. The van der Waals surface area contributed by atoms with Crippen LogP contribution in [0.1, 0.15) is 40.5 Å². The Kier molecular flexibility index (Phi) is 2.53. The summed E-state index contributed by atoms with van der Waals surface area (Å²) in [5, 5.41) is 0. The van der Waals surface area contributed by atoms with Gasteiger partial charge in [-0.25, -0.2) is 0 Å². The minimum Gasteiger partial charge on any atom is -0.0805 e. The zero-order valence-electron chi connectivity index (χ0n) is 8.07. The molecule has 0 saturated heterocycles. The zero-order chi connectivity index (χ0) is 8.43. The van der Waals surface area contributed by atoms with Gasteiger partial charge in [-0.3, -0.25) is 0 Å². The summed E-state index contributed by atoms with van der Waals surface area (Å²) in [7, 11) is 0. The number of hydrogen-bond acceptors (Lipinski definition) is 0. The molecule has 0 amide bonds. The lowest BCUT2D eigenvalue weighted by Crippen LogP contribution is -2.05. The molecule has 0 aromatic heterocycles. The average Bonchev–Trinajstić information content (AvgIpc) is 2.01. The largest absolute Gasteiger partial charge is 0.0805 e. The molecule has 1 rings (SSSR count). The minimum absolute atomic E-state index is 0.769. The van der Waals surface area contributed by atoms with Gasteiger partial charge in [0.25, 0.3) is 0 Å². The van der Waals surface area contributed by atoms with Gasteiger partial charge in [-0.05, 0) is 43.8 Å². The predicted molar refractivity (Wildman–Crippen MR) is 50.5 cm³/mol. The van der Waals surface area contributed by atoms with Crippen molar-refractivity contribution >= 4 is 0 Å². The van der Waals surface area contributed by atoms with E-state index in [0.29, 0.717) is 0 Å². The van der Waals surface area contributed by atoms with Crippen molar-refractivity contribution in [3.8, 4) is 0 Å². The van der Waals surface area contributed by atoms with Crippen LogP contribution in [-0.4, -0.2) is 0 Å². The summed E-state index contributed by atoms with van der Waals surface area (Å²) in [4.78, 5) is 0. The monoisotopic (exact) mass is 150 g/mol. The molecule has 1 aliphatic rings. The van der Waals surface area contributed by atoms with E-state index in [1.165, 1.54) is 18.4 Å². The Hall–Kier alpha value is -0.520. The van der Waals surface area contributed by atoms with Crippen molar-refractivity contribution < 1.29 is 0 Å². The minimum atomic E-state index is 0.769. The first-order chi connectivity index (χ1) is 5.16. The number of allylic oxidation sites excluding steroid dienone is 4. The molecule has 0 heterocycles. The van der Waals surface area contributed by atoms with E-state index in [9.17, 15) is 0 Å². The Morgan fingerprint density at radius 3 is 2.64 bits per heavy atom. The van der Waals surface area contributed by atoms with Crippen LogP contribution in [0, 0.1) is 5.92 Å². The van der Waals surface area contributed by atoms with Crippen LogP contribution in [0.2, 0.25) is 0 Å². The lowest BCUT2D eigenvalue weighted by molar-refractivity contribution is 0.666. The molecule has 0 spiro atoms. The molecular weight excluding hydrogens is 132 g/mol.